The highest BCUT2D eigenvalue weighted by Crippen LogP contribution is 2.18. The molecule has 0 aromatic heterocycles. The van der Waals surface area contributed by atoms with Crippen LogP contribution in [0.3, 0.4) is 0 Å². The Morgan fingerprint density at radius 1 is 0.260 bits per heavy atom. The molecule has 0 aliphatic rings. The number of esters is 3. The van der Waals surface area contributed by atoms with Crippen molar-refractivity contribution >= 4 is 17.9 Å². The second-order valence-corrected chi connectivity index (χ2v) is 23.4. The molecule has 1 unspecified atom stereocenters. The summed E-state index contributed by atoms with van der Waals surface area (Å²) in [7, 11) is 0. The molecular formula is C71H132O6. The van der Waals surface area contributed by atoms with Crippen LogP contribution in [0.5, 0.6) is 0 Å². The minimum atomic E-state index is -0.770. The quantitative estimate of drug-likeness (QED) is 0.0261. The molecule has 0 saturated carbocycles. The van der Waals surface area contributed by atoms with Crippen LogP contribution < -0.4 is 0 Å². The van der Waals surface area contributed by atoms with E-state index in [2.05, 4.69) is 57.2 Å². The van der Waals surface area contributed by atoms with Gasteiger partial charge < -0.3 is 14.2 Å². The lowest BCUT2D eigenvalue weighted by molar-refractivity contribution is -0.167. The largest absolute Gasteiger partial charge is 0.462 e. The zero-order valence-electron chi connectivity index (χ0n) is 52.0. The number of ether oxygens (including phenoxy) is 3. The normalized spacial score (nSPS) is 12.2. The van der Waals surface area contributed by atoms with Crippen LogP contribution in [0.4, 0.5) is 0 Å². The summed E-state index contributed by atoms with van der Waals surface area (Å²) in [6, 6.07) is 0. The second kappa shape index (κ2) is 66.1. The molecule has 0 rings (SSSR count). The topological polar surface area (TPSA) is 78.9 Å². The minimum Gasteiger partial charge on any atom is -0.462 e. The van der Waals surface area contributed by atoms with Crippen molar-refractivity contribution in [2.45, 2.75) is 386 Å². The summed E-state index contributed by atoms with van der Waals surface area (Å²) in [5.74, 6) is -0.844. The maximum atomic E-state index is 12.9. The predicted molar refractivity (Wildman–Crippen MR) is 335 cm³/mol. The lowest BCUT2D eigenvalue weighted by Gasteiger charge is -2.18. The van der Waals surface area contributed by atoms with Gasteiger partial charge in [-0.25, -0.2) is 0 Å². The SMILES string of the molecule is CCCCCCC/C=C\C/C=C\CCCCCCCCCCCCCCCCCC(=O)OCC(COC(=O)CCCCCCCCCCCCC)OC(=O)CCCCCCCCCCC/C=C\CCCCCCCCCC. The Balaban J connectivity index is 4.18. The molecule has 0 heterocycles. The number of carbonyl (C=O) groups is 3. The molecule has 0 N–H and O–H groups in total. The second-order valence-electron chi connectivity index (χ2n) is 23.4. The predicted octanol–water partition coefficient (Wildman–Crippen LogP) is 23.6. The molecule has 0 aliphatic heterocycles. The van der Waals surface area contributed by atoms with Crippen LogP contribution in [0.2, 0.25) is 0 Å². The number of unbranched alkanes of at least 4 members (excludes halogenated alkanes) is 47. The highest BCUT2D eigenvalue weighted by atomic mass is 16.6. The molecule has 0 saturated heterocycles. The molecular weight excluding hydrogens is 949 g/mol. The molecule has 0 spiro atoms. The molecule has 0 amide bonds. The van der Waals surface area contributed by atoms with Crippen LogP contribution in [0.25, 0.3) is 0 Å². The fraction of sp³-hybridized carbons (Fsp3) is 0.873. The first kappa shape index (κ1) is 74.6. The first-order valence-electron chi connectivity index (χ1n) is 34.5. The molecule has 0 aromatic carbocycles. The van der Waals surface area contributed by atoms with Gasteiger partial charge in [-0.15, -0.1) is 0 Å². The molecule has 0 fully saturated rings. The van der Waals surface area contributed by atoms with E-state index >= 15 is 0 Å². The van der Waals surface area contributed by atoms with Gasteiger partial charge in [0.05, 0.1) is 0 Å². The van der Waals surface area contributed by atoms with Gasteiger partial charge in [0, 0.05) is 19.3 Å². The van der Waals surface area contributed by atoms with E-state index in [1.54, 1.807) is 0 Å². The van der Waals surface area contributed by atoms with Crippen molar-refractivity contribution in [2.24, 2.45) is 0 Å². The Labute approximate surface area is 480 Å². The molecule has 452 valence electrons. The highest BCUT2D eigenvalue weighted by Gasteiger charge is 2.19. The molecule has 1 atom stereocenters. The molecule has 0 radical (unpaired) electrons. The number of carbonyl (C=O) groups excluding carboxylic acids is 3. The van der Waals surface area contributed by atoms with Crippen LogP contribution >= 0.6 is 0 Å². The summed E-state index contributed by atoms with van der Waals surface area (Å²) in [5, 5.41) is 0. The lowest BCUT2D eigenvalue weighted by Crippen LogP contribution is -2.30. The van der Waals surface area contributed by atoms with E-state index in [1.165, 1.54) is 276 Å². The molecule has 0 bridgehead atoms. The van der Waals surface area contributed by atoms with Crippen LogP contribution in [0, 0.1) is 0 Å². The third-order valence-electron chi connectivity index (χ3n) is 15.6. The zero-order valence-corrected chi connectivity index (χ0v) is 52.0. The number of rotatable bonds is 64. The Morgan fingerprint density at radius 3 is 0.727 bits per heavy atom. The van der Waals surface area contributed by atoms with Gasteiger partial charge >= 0.3 is 17.9 Å². The van der Waals surface area contributed by atoms with Gasteiger partial charge in [0.1, 0.15) is 13.2 Å². The van der Waals surface area contributed by atoms with Gasteiger partial charge in [-0.1, -0.05) is 320 Å². The van der Waals surface area contributed by atoms with E-state index in [0.29, 0.717) is 19.3 Å². The van der Waals surface area contributed by atoms with Crippen molar-refractivity contribution in [2.75, 3.05) is 13.2 Å². The molecule has 0 aromatic rings. The van der Waals surface area contributed by atoms with E-state index in [-0.39, 0.29) is 31.1 Å². The Morgan fingerprint density at radius 2 is 0.468 bits per heavy atom. The molecule has 77 heavy (non-hydrogen) atoms. The van der Waals surface area contributed by atoms with E-state index in [4.69, 9.17) is 14.2 Å². The van der Waals surface area contributed by atoms with E-state index in [9.17, 15) is 14.4 Å². The summed E-state index contributed by atoms with van der Waals surface area (Å²) < 4.78 is 17.0. The summed E-state index contributed by atoms with van der Waals surface area (Å²) in [6.07, 6.45) is 81.7. The fourth-order valence-electron chi connectivity index (χ4n) is 10.4. The Kier molecular flexibility index (Phi) is 64.1. The summed E-state index contributed by atoms with van der Waals surface area (Å²) in [4.78, 5) is 38.3. The monoisotopic (exact) mass is 1080 g/mol. The third-order valence-corrected chi connectivity index (χ3v) is 15.6. The van der Waals surface area contributed by atoms with Gasteiger partial charge in [0.15, 0.2) is 6.10 Å². The third kappa shape index (κ3) is 64.3. The van der Waals surface area contributed by atoms with Crippen molar-refractivity contribution in [3.63, 3.8) is 0 Å². The maximum Gasteiger partial charge on any atom is 0.306 e. The standard InChI is InChI=1S/C71H132O6/c1-4-7-10-13-16-19-22-24-26-28-30-32-33-34-35-36-37-39-40-42-44-46-49-52-55-58-61-64-70(73)76-67-68(66-75-69(72)63-60-57-54-51-48-21-18-15-12-9-6-3)77-71(74)65-62-59-56-53-50-47-45-43-41-38-31-29-27-25-23-20-17-14-11-8-5-2/h22,24,28-31,68H,4-21,23,25-27,32-67H2,1-3H3/b24-22-,30-28-,31-29-. The van der Waals surface area contributed by atoms with Crippen molar-refractivity contribution in [1.29, 1.82) is 0 Å². The van der Waals surface area contributed by atoms with Crippen LogP contribution in [-0.4, -0.2) is 37.2 Å². The van der Waals surface area contributed by atoms with Crippen molar-refractivity contribution < 1.29 is 28.6 Å². The van der Waals surface area contributed by atoms with Crippen molar-refractivity contribution in [3.05, 3.63) is 36.5 Å². The van der Waals surface area contributed by atoms with E-state index in [0.717, 1.165) is 64.2 Å². The maximum absolute atomic E-state index is 12.9. The van der Waals surface area contributed by atoms with Crippen molar-refractivity contribution in [3.8, 4) is 0 Å². The molecule has 6 nitrogen and oxygen atoms in total. The lowest BCUT2D eigenvalue weighted by atomic mass is 10.0. The molecule has 0 aliphatic carbocycles. The average molecular weight is 1080 g/mol. The van der Waals surface area contributed by atoms with Crippen LogP contribution in [-0.2, 0) is 28.6 Å². The highest BCUT2D eigenvalue weighted by molar-refractivity contribution is 5.71. The number of hydrogen-bond donors (Lipinski definition) is 0. The fourth-order valence-corrected chi connectivity index (χ4v) is 10.4. The van der Waals surface area contributed by atoms with Gasteiger partial charge in [-0.3, -0.25) is 14.4 Å². The van der Waals surface area contributed by atoms with Crippen LogP contribution in [0.1, 0.15) is 380 Å². The minimum absolute atomic E-state index is 0.0677. The zero-order chi connectivity index (χ0) is 55.7. The first-order valence-corrected chi connectivity index (χ1v) is 34.5. The molecule has 6 heteroatoms. The van der Waals surface area contributed by atoms with Crippen molar-refractivity contribution in [1.82, 2.24) is 0 Å². The Bertz CT molecular complexity index is 1290. The van der Waals surface area contributed by atoms with Gasteiger partial charge in [0.2, 0.25) is 0 Å². The summed E-state index contributed by atoms with van der Waals surface area (Å²) in [6.45, 7) is 6.69. The van der Waals surface area contributed by atoms with Gasteiger partial charge in [-0.05, 0) is 77.0 Å². The summed E-state index contributed by atoms with van der Waals surface area (Å²) in [5.41, 5.74) is 0. The number of hydrogen-bond acceptors (Lipinski definition) is 6. The van der Waals surface area contributed by atoms with E-state index in [1.807, 2.05) is 0 Å². The number of allylic oxidation sites excluding steroid dienone is 6. The van der Waals surface area contributed by atoms with E-state index < -0.39 is 6.10 Å². The van der Waals surface area contributed by atoms with Gasteiger partial charge in [-0.2, -0.15) is 0 Å². The summed E-state index contributed by atoms with van der Waals surface area (Å²) >= 11 is 0. The van der Waals surface area contributed by atoms with Gasteiger partial charge in [0.25, 0.3) is 0 Å². The van der Waals surface area contributed by atoms with Crippen LogP contribution in [0.15, 0.2) is 36.5 Å². The smallest absolute Gasteiger partial charge is 0.306 e. The average Bonchev–Trinajstić information content (AvgIpc) is 3.43. The Hall–Kier alpha value is -2.37. The first-order chi connectivity index (χ1) is 38.0.